The predicted octanol–water partition coefficient (Wildman–Crippen LogP) is 6.47. The first-order chi connectivity index (χ1) is 16.4. The molecule has 1 N–H and O–H groups in total. The van der Waals surface area contributed by atoms with E-state index in [9.17, 15) is 36.2 Å². The molecule has 2 aliphatic carbocycles. The molecule has 36 heavy (non-hydrogen) atoms. The lowest BCUT2D eigenvalue weighted by molar-refractivity contribution is -0.569. The maximum absolute atomic E-state index is 16.2. The molecule has 0 aromatic heterocycles. The van der Waals surface area contributed by atoms with E-state index in [1.54, 1.807) is 0 Å². The van der Waals surface area contributed by atoms with E-state index in [2.05, 4.69) is 16.1 Å². The molecule has 3 aliphatic rings. The summed E-state index contributed by atoms with van der Waals surface area (Å²) in [7, 11) is 0. The molecule has 4 nitrogen and oxygen atoms in total. The molecule has 208 valence electrons. The van der Waals surface area contributed by atoms with Crippen molar-refractivity contribution < 1.29 is 63.3 Å². The second-order valence-electron chi connectivity index (χ2n) is 9.66. The second-order valence-corrected chi connectivity index (χ2v) is 9.66. The van der Waals surface area contributed by atoms with E-state index in [0.717, 1.165) is 0 Å². The van der Waals surface area contributed by atoms with Crippen LogP contribution in [0.4, 0.5) is 43.9 Å². The first kappa shape index (κ1) is 29.0. The molecule has 14 heteroatoms. The van der Waals surface area contributed by atoms with Crippen molar-refractivity contribution in [2.24, 2.45) is 11.8 Å². The molecule has 1 heterocycles. The van der Waals surface area contributed by atoms with Gasteiger partial charge in [-0.1, -0.05) is 45.1 Å². The maximum Gasteiger partial charge on any atom is 0.462 e. The van der Waals surface area contributed by atoms with E-state index in [1.807, 2.05) is 0 Å². The molecule has 3 fully saturated rings. The van der Waals surface area contributed by atoms with Crippen molar-refractivity contribution >= 4 is 5.97 Å². The van der Waals surface area contributed by atoms with Gasteiger partial charge in [-0.15, -0.1) is 0 Å². The number of carbonyl (C=O) groups excluding carboxylic acids is 1. The lowest BCUT2D eigenvalue weighted by atomic mass is 9.58. The molecule has 2 saturated carbocycles. The minimum absolute atomic E-state index is 0.0603. The first-order valence-corrected chi connectivity index (χ1v) is 11.5. The van der Waals surface area contributed by atoms with Crippen LogP contribution in [0.5, 0.6) is 0 Å². The zero-order valence-corrected chi connectivity index (χ0v) is 19.0. The number of carbonyl (C=O) groups is 1. The average Bonchev–Trinajstić information content (AvgIpc) is 2.79. The van der Waals surface area contributed by atoms with Crippen LogP contribution in [0.1, 0.15) is 64.2 Å². The summed E-state index contributed by atoms with van der Waals surface area (Å²) in [6, 6.07) is 0. The third-order valence-corrected chi connectivity index (χ3v) is 7.72. The quantitative estimate of drug-likeness (QED) is 0.251. The van der Waals surface area contributed by atoms with E-state index in [1.165, 1.54) is 0 Å². The highest BCUT2D eigenvalue weighted by Gasteiger charge is 2.98. The fourth-order valence-corrected chi connectivity index (χ4v) is 6.00. The zero-order chi connectivity index (χ0) is 27.4. The average molecular weight is 544 g/mol. The van der Waals surface area contributed by atoms with E-state index in [4.69, 9.17) is 0 Å². The van der Waals surface area contributed by atoms with Gasteiger partial charge in [-0.05, 0) is 25.7 Å². The summed E-state index contributed by atoms with van der Waals surface area (Å²) in [6.45, 7) is 2.74. The highest BCUT2D eigenvalue weighted by atomic mass is 19.4. The smallest absolute Gasteiger partial charge is 0.415 e. The summed E-state index contributed by atoms with van der Waals surface area (Å²) in [5.41, 5.74) is -10.5. The van der Waals surface area contributed by atoms with Gasteiger partial charge in [0.25, 0.3) is 0 Å². The Morgan fingerprint density at radius 3 is 1.64 bits per heavy atom. The number of halogens is 10. The Morgan fingerprint density at radius 2 is 1.25 bits per heavy atom. The molecule has 1 saturated heterocycles. The van der Waals surface area contributed by atoms with E-state index >= 15 is 17.6 Å². The summed E-state index contributed by atoms with van der Waals surface area (Å²) in [5, 5.41) is 11.1. The Labute approximate surface area is 200 Å². The van der Waals surface area contributed by atoms with Gasteiger partial charge < -0.3 is 14.6 Å². The van der Waals surface area contributed by atoms with Crippen molar-refractivity contribution in [2.75, 3.05) is 0 Å². The number of alkyl halides is 10. The van der Waals surface area contributed by atoms with Gasteiger partial charge in [0.05, 0.1) is 0 Å². The van der Waals surface area contributed by atoms with Gasteiger partial charge in [0.2, 0.25) is 11.2 Å². The summed E-state index contributed by atoms with van der Waals surface area (Å²) < 4.78 is 159. The van der Waals surface area contributed by atoms with Gasteiger partial charge in [-0.2, -0.15) is 43.9 Å². The van der Waals surface area contributed by atoms with Gasteiger partial charge in [-0.25, -0.2) is 4.79 Å². The number of rotatable bonds is 4. The first-order valence-electron chi connectivity index (χ1n) is 11.5. The van der Waals surface area contributed by atoms with Crippen molar-refractivity contribution in [1.82, 2.24) is 0 Å². The Morgan fingerprint density at radius 1 is 0.806 bits per heavy atom. The summed E-state index contributed by atoms with van der Waals surface area (Å²) >= 11 is 0. The highest BCUT2D eigenvalue weighted by molar-refractivity contribution is 5.81. The molecular weight excluding hydrogens is 518 g/mol. The molecule has 3 unspecified atom stereocenters. The highest BCUT2D eigenvalue weighted by Crippen LogP contribution is 2.71. The molecule has 0 amide bonds. The molecule has 1 aliphatic heterocycles. The minimum atomic E-state index is -6.68. The van der Waals surface area contributed by atoms with Crippen LogP contribution in [-0.2, 0) is 14.3 Å². The Balaban J connectivity index is 2.47. The van der Waals surface area contributed by atoms with Crippen LogP contribution in [0, 0.1) is 11.8 Å². The third-order valence-electron chi connectivity index (χ3n) is 7.72. The monoisotopic (exact) mass is 544 g/mol. The SMILES string of the molecule is C=CC(=O)OC1(C(F)(F)F)OC(C2CCCCC2)(C(F)(F)F)C(F)(F)C(O)(C2CCCCC2)C1(F)F. The number of aliphatic hydroxyl groups is 1. The molecule has 0 bridgehead atoms. The van der Waals surface area contributed by atoms with Crippen LogP contribution in [0.2, 0.25) is 0 Å². The van der Waals surface area contributed by atoms with Crippen LogP contribution >= 0.6 is 0 Å². The zero-order valence-electron chi connectivity index (χ0n) is 19.0. The van der Waals surface area contributed by atoms with Crippen molar-refractivity contribution in [3.63, 3.8) is 0 Å². The predicted molar refractivity (Wildman–Crippen MR) is 103 cm³/mol. The van der Waals surface area contributed by atoms with E-state index in [-0.39, 0.29) is 44.6 Å². The Kier molecular flexibility index (Phi) is 7.26. The molecule has 3 rings (SSSR count). The van der Waals surface area contributed by atoms with Gasteiger partial charge >= 0.3 is 36.0 Å². The number of hydrogen-bond donors (Lipinski definition) is 1. The molecule has 0 aromatic carbocycles. The van der Waals surface area contributed by atoms with E-state index < -0.39 is 84.7 Å². The van der Waals surface area contributed by atoms with Crippen molar-refractivity contribution in [3.8, 4) is 0 Å². The third kappa shape index (κ3) is 3.67. The molecule has 0 spiro atoms. The minimum Gasteiger partial charge on any atom is -0.415 e. The second kappa shape index (κ2) is 9.02. The van der Waals surface area contributed by atoms with Gasteiger partial charge in [0.15, 0.2) is 0 Å². The van der Waals surface area contributed by atoms with E-state index in [0.29, 0.717) is 0 Å². The van der Waals surface area contributed by atoms with Crippen LogP contribution in [0.15, 0.2) is 12.7 Å². The largest absolute Gasteiger partial charge is 0.462 e. The molecular formula is C22H26F10O4. The molecule has 0 radical (unpaired) electrons. The van der Waals surface area contributed by atoms with Crippen molar-refractivity contribution in [1.29, 1.82) is 0 Å². The summed E-state index contributed by atoms with van der Waals surface area (Å²) in [6.07, 6.45) is -16.0. The Bertz CT molecular complexity index is 845. The fraction of sp³-hybridized carbons (Fsp3) is 0.864. The Hall–Kier alpha value is -1.57. The number of hydrogen-bond acceptors (Lipinski definition) is 4. The van der Waals surface area contributed by atoms with Gasteiger partial charge in [-0.3, -0.25) is 0 Å². The standard InChI is InChI=1S/C22H26F10O4/c1-2-15(33)35-20(22(30,31)32)19(25,26)16(34,13-9-5-3-6-10-13)18(23,24)17(36-20,21(27,28)29)14-11-7-4-8-12-14/h2,13-14,34H,1,3-12H2. The van der Waals surface area contributed by atoms with Crippen LogP contribution in [0.25, 0.3) is 0 Å². The summed E-state index contributed by atoms with van der Waals surface area (Å²) in [4.78, 5) is 11.8. The molecule has 3 atom stereocenters. The van der Waals surface area contributed by atoms with Crippen molar-refractivity contribution in [3.05, 3.63) is 12.7 Å². The van der Waals surface area contributed by atoms with Crippen LogP contribution in [-0.4, -0.2) is 52.3 Å². The normalized spacial score (nSPS) is 36.3. The lowest BCUT2D eigenvalue weighted by Gasteiger charge is -2.63. The van der Waals surface area contributed by atoms with Gasteiger partial charge in [0.1, 0.15) is 0 Å². The maximum atomic E-state index is 16.2. The topological polar surface area (TPSA) is 55.8 Å². The fourth-order valence-electron chi connectivity index (χ4n) is 6.00. The van der Waals surface area contributed by atoms with Crippen LogP contribution in [0.3, 0.4) is 0 Å². The van der Waals surface area contributed by atoms with Gasteiger partial charge in [0, 0.05) is 17.9 Å². The summed E-state index contributed by atoms with van der Waals surface area (Å²) in [5.74, 6) is -25.3. The number of ether oxygens (including phenoxy) is 2. The molecule has 0 aromatic rings. The number of esters is 1. The van der Waals surface area contributed by atoms with Crippen LogP contribution < -0.4 is 0 Å². The lowest BCUT2D eigenvalue weighted by Crippen LogP contribution is -2.90. The van der Waals surface area contributed by atoms with Crippen molar-refractivity contribution in [2.45, 2.75) is 105 Å².